The largest absolute Gasteiger partial charge is 0.469 e. The van der Waals surface area contributed by atoms with Crippen molar-refractivity contribution in [2.75, 3.05) is 0 Å². The fraction of sp³-hybridized carbons (Fsp3) is 0.500. The second-order valence-electron chi connectivity index (χ2n) is 5.31. The minimum Gasteiger partial charge on any atom is -0.469 e. The first-order valence-electron chi connectivity index (χ1n) is 5.93. The van der Waals surface area contributed by atoms with Crippen molar-refractivity contribution < 1.29 is 4.74 Å². The maximum atomic E-state index is 6.01. The van der Waals surface area contributed by atoms with E-state index in [9.17, 15) is 0 Å². The van der Waals surface area contributed by atoms with E-state index in [-0.39, 0.29) is 11.6 Å². The van der Waals surface area contributed by atoms with Crippen LogP contribution in [0, 0.1) is 5.92 Å². The van der Waals surface area contributed by atoms with Crippen LogP contribution in [0.2, 0.25) is 0 Å². The van der Waals surface area contributed by atoms with Crippen molar-refractivity contribution in [2.24, 2.45) is 10.9 Å². The van der Waals surface area contributed by atoms with Gasteiger partial charge in [0, 0.05) is 4.47 Å². The Hall–Kier alpha value is -0.830. The summed E-state index contributed by atoms with van der Waals surface area (Å²) in [6.07, 6.45) is 0. The molecule has 0 fully saturated rings. The molecule has 17 heavy (non-hydrogen) atoms. The summed E-state index contributed by atoms with van der Waals surface area (Å²) in [5.74, 6) is 1.23. The van der Waals surface area contributed by atoms with Crippen LogP contribution in [-0.2, 0) is 4.74 Å². The van der Waals surface area contributed by atoms with Gasteiger partial charge in [-0.3, -0.25) is 0 Å². The second kappa shape index (κ2) is 4.45. The summed E-state index contributed by atoms with van der Waals surface area (Å²) in [6.45, 7) is 8.57. The van der Waals surface area contributed by atoms with Crippen LogP contribution in [0.15, 0.2) is 33.7 Å². The van der Waals surface area contributed by atoms with Gasteiger partial charge in [-0.05, 0) is 47.8 Å². The molecule has 1 aliphatic rings. The minimum absolute atomic E-state index is 0.213. The fourth-order valence-electron chi connectivity index (χ4n) is 2.33. The third-order valence-corrected chi connectivity index (χ3v) is 3.76. The summed E-state index contributed by atoms with van der Waals surface area (Å²) in [6, 6.07) is 8.25. The normalized spacial score (nSPS) is 22.5. The Morgan fingerprint density at radius 3 is 2.47 bits per heavy atom. The molecule has 1 aromatic carbocycles. The van der Waals surface area contributed by atoms with Crippen molar-refractivity contribution in [3.8, 4) is 0 Å². The van der Waals surface area contributed by atoms with Crippen LogP contribution in [-0.4, -0.2) is 17.5 Å². The molecule has 0 radical (unpaired) electrons. The molecule has 0 saturated heterocycles. The molecule has 1 atom stereocenters. The maximum absolute atomic E-state index is 6.01. The molecular weight excluding hydrogens is 278 g/mol. The van der Waals surface area contributed by atoms with Crippen LogP contribution in [0.4, 0.5) is 0 Å². The number of ether oxygens (including phenoxy) is 1. The average Bonchev–Trinajstić information content (AvgIpc) is 2.55. The molecule has 1 heterocycles. The SMILES string of the molecule is CC(C)[C@@H]1N=C(c2ccccc2Br)OC1(C)C. The summed E-state index contributed by atoms with van der Waals surface area (Å²) >= 11 is 3.54. The van der Waals surface area contributed by atoms with Crippen LogP contribution in [0.1, 0.15) is 33.3 Å². The predicted molar refractivity (Wildman–Crippen MR) is 74.5 cm³/mol. The third-order valence-electron chi connectivity index (χ3n) is 3.06. The highest BCUT2D eigenvalue weighted by Crippen LogP contribution is 2.33. The van der Waals surface area contributed by atoms with E-state index in [2.05, 4.69) is 43.6 Å². The van der Waals surface area contributed by atoms with E-state index in [4.69, 9.17) is 9.73 Å². The predicted octanol–water partition coefficient (Wildman–Crippen LogP) is 4.03. The highest BCUT2D eigenvalue weighted by Gasteiger charge is 2.40. The van der Waals surface area contributed by atoms with Crippen molar-refractivity contribution in [3.63, 3.8) is 0 Å². The molecule has 0 bridgehead atoms. The lowest BCUT2D eigenvalue weighted by Gasteiger charge is -2.27. The summed E-state index contributed by atoms with van der Waals surface area (Å²) < 4.78 is 7.04. The molecular formula is C14H18BrNO. The Labute approximate surface area is 111 Å². The van der Waals surface area contributed by atoms with Crippen molar-refractivity contribution >= 4 is 21.8 Å². The van der Waals surface area contributed by atoms with Crippen molar-refractivity contribution in [1.29, 1.82) is 0 Å². The Bertz CT molecular complexity index is 451. The van der Waals surface area contributed by atoms with Gasteiger partial charge < -0.3 is 4.74 Å². The van der Waals surface area contributed by atoms with Crippen LogP contribution < -0.4 is 0 Å². The smallest absolute Gasteiger partial charge is 0.218 e. The number of rotatable bonds is 2. The van der Waals surface area contributed by atoms with Gasteiger partial charge in [-0.25, -0.2) is 4.99 Å². The molecule has 3 heteroatoms. The number of benzene rings is 1. The van der Waals surface area contributed by atoms with Gasteiger partial charge >= 0.3 is 0 Å². The van der Waals surface area contributed by atoms with E-state index < -0.39 is 0 Å². The summed E-state index contributed by atoms with van der Waals surface area (Å²) in [7, 11) is 0. The van der Waals surface area contributed by atoms with Crippen LogP contribution in [0.5, 0.6) is 0 Å². The molecule has 92 valence electrons. The Balaban J connectivity index is 2.37. The first-order chi connectivity index (χ1) is 7.92. The van der Waals surface area contributed by atoms with E-state index in [1.807, 2.05) is 24.3 Å². The maximum Gasteiger partial charge on any atom is 0.218 e. The van der Waals surface area contributed by atoms with Gasteiger partial charge in [-0.1, -0.05) is 26.0 Å². The second-order valence-corrected chi connectivity index (χ2v) is 6.16. The highest BCUT2D eigenvalue weighted by molar-refractivity contribution is 9.10. The van der Waals surface area contributed by atoms with E-state index in [1.54, 1.807) is 0 Å². The van der Waals surface area contributed by atoms with Crippen LogP contribution in [0.3, 0.4) is 0 Å². The quantitative estimate of drug-likeness (QED) is 0.807. The minimum atomic E-state index is -0.223. The average molecular weight is 296 g/mol. The molecule has 0 aromatic heterocycles. The Morgan fingerprint density at radius 1 is 1.29 bits per heavy atom. The van der Waals surface area contributed by atoms with Crippen molar-refractivity contribution in [3.05, 3.63) is 34.3 Å². The molecule has 0 unspecified atom stereocenters. The van der Waals surface area contributed by atoms with Gasteiger partial charge in [0.15, 0.2) is 0 Å². The van der Waals surface area contributed by atoms with E-state index >= 15 is 0 Å². The summed E-state index contributed by atoms with van der Waals surface area (Å²) in [4.78, 5) is 4.74. The van der Waals surface area contributed by atoms with Crippen LogP contribution in [0.25, 0.3) is 0 Å². The summed E-state index contributed by atoms with van der Waals surface area (Å²) in [5, 5.41) is 0. The molecule has 0 aliphatic carbocycles. The molecule has 0 spiro atoms. The van der Waals surface area contributed by atoms with E-state index in [0.717, 1.165) is 15.9 Å². The highest BCUT2D eigenvalue weighted by atomic mass is 79.9. The Kier molecular flexibility index (Phi) is 3.30. The first-order valence-corrected chi connectivity index (χ1v) is 6.73. The molecule has 1 aromatic rings. The van der Waals surface area contributed by atoms with Gasteiger partial charge in [-0.15, -0.1) is 0 Å². The third kappa shape index (κ3) is 2.39. The fourth-order valence-corrected chi connectivity index (χ4v) is 2.78. The standard InChI is InChI=1S/C14H18BrNO/c1-9(2)12-14(3,4)17-13(16-12)10-7-5-6-8-11(10)15/h5-9,12H,1-4H3/t12-/m0/s1. The molecule has 0 saturated carbocycles. The zero-order valence-electron chi connectivity index (χ0n) is 10.7. The number of hydrogen-bond donors (Lipinski definition) is 0. The lowest BCUT2D eigenvalue weighted by molar-refractivity contribution is 0.0813. The first kappa shape index (κ1) is 12.6. The van der Waals surface area contributed by atoms with Crippen molar-refractivity contribution in [1.82, 2.24) is 0 Å². The molecule has 0 N–H and O–H groups in total. The van der Waals surface area contributed by atoms with Gasteiger partial charge in [0.25, 0.3) is 0 Å². The number of hydrogen-bond acceptors (Lipinski definition) is 2. The van der Waals surface area contributed by atoms with Gasteiger partial charge in [0.05, 0.1) is 11.6 Å². The zero-order valence-corrected chi connectivity index (χ0v) is 12.3. The Morgan fingerprint density at radius 2 is 1.94 bits per heavy atom. The lowest BCUT2D eigenvalue weighted by Crippen LogP contribution is -2.36. The molecule has 1 aliphatic heterocycles. The monoisotopic (exact) mass is 295 g/mol. The zero-order chi connectivity index (χ0) is 12.6. The van der Waals surface area contributed by atoms with Crippen molar-refractivity contribution in [2.45, 2.75) is 39.3 Å². The number of nitrogens with zero attached hydrogens (tertiary/aromatic N) is 1. The lowest BCUT2D eigenvalue weighted by atomic mass is 9.90. The van der Waals surface area contributed by atoms with E-state index in [0.29, 0.717) is 5.92 Å². The van der Waals surface area contributed by atoms with Crippen LogP contribution >= 0.6 is 15.9 Å². The van der Waals surface area contributed by atoms with Gasteiger partial charge in [0.2, 0.25) is 5.90 Å². The topological polar surface area (TPSA) is 21.6 Å². The summed E-state index contributed by atoms with van der Waals surface area (Å²) in [5.41, 5.74) is 0.808. The number of halogens is 1. The molecule has 2 rings (SSSR count). The molecule has 0 amide bonds. The van der Waals surface area contributed by atoms with Gasteiger partial charge in [-0.2, -0.15) is 0 Å². The number of aliphatic imine (C=N–C) groups is 1. The van der Waals surface area contributed by atoms with Gasteiger partial charge in [0.1, 0.15) is 5.60 Å². The van der Waals surface area contributed by atoms with E-state index in [1.165, 1.54) is 0 Å². The molecule has 2 nitrogen and oxygen atoms in total.